The van der Waals surface area contributed by atoms with Gasteiger partial charge in [0.1, 0.15) is 11.5 Å². The zero-order valence-corrected chi connectivity index (χ0v) is 16.3. The molecule has 1 aromatic carbocycles. The summed E-state index contributed by atoms with van der Waals surface area (Å²) < 4.78 is 5.71. The van der Waals surface area contributed by atoms with Crippen LogP contribution in [0.3, 0.4) is 0 Å². The number of aryl methyl sites for hydroxylation is 2. The van der Waals surface area contributed by atoms with E-state index in [0.717, 1.165) is 34.5 Å². The second-order valence-corrected chi connectivity index (χ2v) is 7.52. The number of piperazine rings is 1. The van der Waals surface area contributed by atoms with Gasteiger partial charge in [-0.1, -0.05) is 11.6 Å². The van der Waals surface area contributed by atoms with E-state index in [0.29, 0.717) is 31.7 Å². The fourth-order valence-electron chi connectivity index (χ4n) is 3.92. The molecule has 2 N–H and O–H groups in total. The number of nitrogens with zero attached hydrogens (tertiary/aromatic N) is 3. The van der Waals surface area contributed by atoms with Crippen molar-refractivity contribution in [2.24, 2.45) is 0 Å². The van der Waals surface area contributed by atoms with Crippen molar-refractivity contribution in [1.29, 1.82) is 0 Å². The van der Waals surface area contributed by atoms with Crippen molar-refractivity contribution in [2.45, 2.75) is 32.9 Å². The van der Waals surface area contributed by atoms with Gasteiger partial charge in [0.15, 0.2) is 5.69 Å². The van der Waals surface area contributed by atoms with Gasteiger partial charge in [0.2, 0.25) is 0 Å². The first-order valence-electron chi connectivity index (χ1n) is 9.69. The van der Waals surface area contributed by atoms with Crippen molar-refractivity contribution in [2.75, 3.05) is 26.2 Å². The number of amides is 1. The third-order valence-electron chi connectivity index (χ3n) is 5.43. The number of carbonyl (C=O) groups is 1. The third kappa shape index (κ3) is 3.68. The first kappa shape index (κ1) is 18.7. The van der Waals surface area contributed by atoms with Gasteiger partial charge in [-0.2, -0.15) is 5.10 Å². The summed E-state index contributed by atoms with van der Waals surface area (Å²) in [7, 11) is 0. The highest BCUT2D eigenvalue weighted by Crippen LogP contribution is 2.22. The van der Waals surface area contributed by atoms with Crippen LogP contribution in [0.1, 0.15) is 34.0 Å². The second kappa shape index (κ2) is 7.77. The number of nitrogens with one attached hydrogen (secondary N) is 1. The molecule has 1 unspecified atom stereocenters. The Morgan fingerprint density at radius 3 is 2.89 bits per heavy atom. The highest BCUT2D eigenvalue weighted by molar-refractivity contribution is 6.04. The fraction of sp³-hybridized carbons (Fsp3) is 0.429. The van der Waals surface area contributed by atoms with Crippen LogP contribution in [0.4, 0.5) is 0 Å². The Kier molecular flexibility index (Phi) is 5.19. The highest BCUT2D eigenvalue weighted by Gasteiger charge is 2.31. The molecule has 1 aliphatic heterocycles. The number of aliphatic hydroxyl groups excluding tert-OH is 1. The second-order valence-electron chi connectivity index (χ2n) is 7.52. The average molecular weight is 382 g/mol. The molecule has 0 radical (unpaired) electrons. The number of hydrogen-bond acceptors (Lipinski definition) is 5. The van der Waals surface area contributed by atoms with Crippen LogP contribution in [-0.2, 0) is 6.54 Å². The molecule has 2 aromatic heterocycles. The molecular weight excluding hydrogens is 356 g/mol. The summed E-state index contributed by atoms with van der Waals surface area (Å²) in [6.07, 6.45) is 0.615. The standard InChI is InChI=1S/C21H26N4O3/c1-14-3-6-19-18(11-14)20(23-22-19)21(27)25-9-8-24(16(12-25)7-10-26)13-17-5-4-15(2)28-17/h3-6,11,16,26H,7-10,12-13H2,1-2H3,(H,22,23). The molecule has 7 heteroatoms. The van der Waals surface area contributed by atoms with E-state index in [1.807, 2.05) is 49.1 Å². The molecular formula is C21H26N4O3. The molecule has 3 aromatic rings. The normalized spacial score (nSPS) is 18.1. The van der Waals surface area contributed by atoms with Gasteiger partial charge in [-0.15, -0.1) is 0 Å². The number of hydrogen-bond donors (Lipinski definition) is 2. The van der Waals surface area contributed by atoms with Crippen LogP contribution in [0, 0.1) is 13.8 Å². The Morgan fingerprint density at radius 2 is 2.14 bits per heavy atom. The molecule has 148 valence electrons. The molecule has 28 heavy (non-hydrogen) atoms. The highest BCUT2D eigenvalue weighted by atomic mass is 16.3. The van der Waals surface area contributed by atoms with Gasteiger partial charge in [0.25, 0.3) is 5.91 Å². The van der Waals surface area contributed by atoms with E-state index in [4.69, 9.17) is 4.42 Å². The zero-order valence-electron chi connectivity index (χ0n) is 16.3. The summed E-state index contributed by atoms with van der Waals surface area (Å²) in [5.74, 6) is 1.74. The number of rotatable bonds is 5. The molecule has 1 saturated heterocycles. The summed E-state index contributed by atoms with van der Waals surface area (Å²) >= 11 is 0. The Labute approximate surface area is 163 Å². The lowest BCUT2D eigenvalue weighted by Crippen LogP contribution is -2.54. The summed E-state index contributed by atoms with van der Waals surface area (Å²) in [6, 6.07) is 9.97. The van der Waals surface area contributed by atoms with Crippen molar-refractivity contribution in [1.82, 2.24) is 20.0 Å². The SMILES string of the molecule is Cc1ccc2[nH]nc(C(=O)N3CCN(Cc4ccc(C)o4)C(CCO)C3)c2c1. The van der Waals surface area contributed by atoms with Gasteiger partial charge in [-0.25, -0.2) is 0 Å². The Balaban J connectivity index is 1.51. The monoisotopic (exact) mass is 382 g/mol. The van der Waals surface area contributed by atoms with Crippen LogP contribution < -0.4 is 0 Å². The average Bonchev–Trinajstić information content (AvgIpc) is 3.28. The molecule has 7 nitrogen and oxygen atoms in total. The molecule has 4 rings (SSSR count). The molecule has 0 bridgehead atoms. The third-order valence-corrected chi connectivity index (χ3v) is 5.43. The van der Waals surface area contributed by atoms with Crippen LogP contribution in [0.2, 0.25) is 0 Å². The molecule has 1 atom stereocenters. The maximum atomic E-state index is 13.1. The fourth-order valence-corrected chi connectivity index (χ4v) is 3.92. The summed E-state index contributed by atoms with van der Waals surface area (Å²) in [5.41, 5.74) is 2.43. The summed E-state index contributed by atoms with van der Waals surface area (Å²) in [6.45, 7) is 6.64. The quantitative estimate of drug-likeness (QED) is 0.708. The van der Waals surface area contributed by atoms with E-state index in [9.17, 15) is 9.90 Å². The molecule has 3 heterocycles. The number of fused-ring (bicyclic) bond motifs is 1. The lowest BCUT2D eigenvalue weighted by molar-refractivity contribution is 0.0369. The molecule has 0 saturated carbocycles. The minimum absolute atomic E-state index is 0.0618. The van der Waals surface area contributed by atoms with Crippen LogP contribution in [0.25, 0.3) is 10.9 Å². The summed E-state index contributed by atoms with van der Waals surface area (Å²) in [5, 5.41) is 17.6. The predicted molar refractivity (Wildman–Crippen MR) is 106 cm³/mol. The van der Waals surface area contributed by atoms with Gasteiger partial charge >= 0.3 is 0 Å². The predicted octanol–water partition coefficient (Wildman–Crippen LogP) is 2.48. The zero-order chi connectivity index (χ0) is 19.7. The van der Waals surface area contributed by atoms with Gasteiger partial charge in [-0.05, 0) is 44.5 Å². The number of aromatic nitrogens is 2. The number of benzene rings is 1. The number of carbonyl (C=O) groups excluding carboxylic acids is 1. The van der Waals surface area contributed by atoms with Gasteiger partial charge in [0.05, 0.1) is 12.1 Å². The number of H-pyrrole nitrogens is 1. The van der Waals surface area contributed by atoms with Crippen LogP contribution in [-0.4, -0.2) is 63.3 Å². The van der Waals surface area contributed by atoms with Crippen molar-refractivity contribution >= 4 is 16.8 Å². The Hall–Kier alpha value is -2.64. The van der Waals surface area contributed by atoms with E-state index in [-0.39, 0.29) is 18.6 Å². The maximum absolute atomic E-state index is 13.1. The minimum Gasteiger partial charge on any atom is -0.465 e. The van der Waals surface area contributed by atoms with Gasteiger partial charge < -0.3 is 14.4 Å². The smallest absolute Gasteiger partial charge is 0.275 e. The van der Waals surface area contributed by atoms with Crippen molar-refractivity contribution in [3.05, 3.63) is 53.1 Å². The number of aromatic amines is 1. The minimum atomic E-state index is -0.0618. The molecule has 0 spiro atoms. The van der Waals surface area contributed by atoms with E-state index in [2.05, 4.69) is 15.1 Å². The van der Waals surface area contributed by atoms with E-state index < -0.39 is 0 Å². The lowest BCUT2D eigenvalue weighted by Gasteiger charge is -2.40. The first-order valence-corrected chi connectivity index (χ1v) is 9.69. The van der Waals surface area contributed by atoms with Crippen LogP contribution in [0.5, 0.6) is 0 Å². The summed E-state index contributed by atoms with van der Waals surface area (Å²) in [4.78, 5) is 17.3. The van der Waals surface area contributed by atoms with Gasteiger partial charge in [0, 0.05) is 37.7 Å². The van der Waals surface area contributed by atoms with Crippen LogP contribution in [0.15, 0.2) is 34.7 Å². The number of furan rings is 1. The van der Waals surface area contributed by atoms with E-state index in [1.165, 1.54) is 0 Å². The largest absolute Gasteiger partial charge is 0.465 e. The first-order chi connectivity index (χ1) is 13.5. The number of aliphatic hydroxyl groups is 1. The molecule has 1 fully saturated rings. The molecule has 1 aliphatic rings. The maximum Gasteiger partial charge on any atom is 0.275 e. The topological polar surface area (TPSA) is 85.6 Å². The van der Waals surface area contributed by atoms with Crippen molar-refractivity contribution in [3.63, 3.8) is 0 Å². The van der Waals surface area contributed by atoms with Crippen molar-refractivity contribution in [3.8, 4) is 0 Å². The van der Waals surface area contributed by atoms with Crippen LogP contribution >= 0.6 is 0 Å². The molecule has 1 amide bonds. The van der Waals surface area contributed by atoms with Gasteiger partial charge in [-0.3, -0.25) is 14.8 Å². The molecule has 0 aliphatic carbocycles. The lowest BCUT2D eigenvalue weighted by atomic mass is 10.1. The van der Waals surface area contributed by atoms with E-state index >= 15 is 0 Å². The van der Waals surface area contributed by atoms with Crippen molar-refractivity contribution < 1.29 is 14.3 Å². The Bertz CT molecular complexity index is 977. The Morgan fingerprint density at radius 1 is 1.29 bits per heavy atom. The van der Waals surface area contributed by atoms with E-state index in [1.54, 1.807) is 0 Å².